The Morgan fingerprint density at radius 3 is 1.79 bits per heavy atom. The Bertz CT molecular complexity index is 911. The molecule has 2 aromatic carbocycles. The number of hydrogen-bond acceptors (Lipinski definition) is 2. The van der Waals surface area contributed by atoms with Crippen LogP contribution >= 0.6 is 19.5 Å². The summed E-state index contributed by atoms with van der Waals surface area (Å²) in [5, 5.41) is 2.31. The summed E-state index contributed by atoms with van der Waals surface area (Å²) in [6, 6.07) is 12.7. The monoisotopic (exact) mass is 500 g/mol. The van der Waals surface area contributed by atoms with E-state index in [1.54, 1.807) is 0 Å². The Morgan fingerprint density at radius 1 is 0.706 bits per heavy atom. The van der Waals surface area contributed by atoms with Gasteiger partial charge in [0.1, 0.15) is 11.5 Å². The molecule has 0 bridgehead atoms. The smallest absolute Gasteiger partial charge is 0.128 e. The van der Waals surface area contributed by atoms with E-state index in [1.165, 1.54) is 75.1 Å². The fourth-order valence-electron chi connectivity index (χ4n) is 5.82. The number of hydrogen-bond donors (Lipinski definition) is 0. The van der Waals surface area contributed by atoms with Crippen molar-refractivity contribution in [3.8, 4) is 22.6 Å². The third-order valence-corrected chi connectivity index (χ3v) is 11.2. The quantitative estimate of drug-likeness (QED) is 0.336. The zero-order valence-electron chi connectivity index (χ0n) is 21.5. The van der Waals surface area contributed by atoms with Crippen molar-refractivity contribution in [1.29, 1.82) is 0 Å². The van der Waals surface area contributed by atoms with Gasteiger partial charge in [-0.1, -0.05) is 76.2 Å². The van der Waals surface area contributed by atoms with Gasteiger partial charge in [-0.2, -0.15) is 0 Å². The molecule has 0 heterocycles. The summed E-state index contributed by atoms with van der Waals surface area (Å²) in [7, 11) is -0.399. The average Bonchev–Trinajstić information content (AvgIpc) is 2.83. The molecule has 2 aromatic rings. The highest BCUT2D eigenvalue weighted by molar-refractivity contribution is 7.67. The third kappa shape index (κ3) is 6.11. The van der Waals surface area contributed by atoms with Crippen LogP contribution in [0.25, 0.3) is 11.1 Å². The van der Waals surface area contributed by atoms with Crippen molar-refractivity contribution in [2.24, 2.45) is 0 Å². The van der Waals surface area contributed by atoms with Gasteiger partial charge in [-0.05, 0) is 82.9 Å². The lowest BCUT2D eigenvalue weighted by Gasteiger charge is -2.40. The maximum atomic E-state index is 7.20. The number of rotatable bonds is 8. The minimum atomic E-state index is -0.399. The first-order valence-electron chi connectivity index (χ1n) is 13.5. The van der Waals surface area contributed by atoms with E-state index >= 15 is 0 Å². The number of ether oxygens (including phenoxy) is 2. The maximum absolute atomic E-state index is 7.20. The normalized spacial score (nSPS) is 18.1. The van der Waals surface area contributed by atoms with Crippen LogP contribution in [0.5, 0.6) is 11.5 Å². The summed E-state index contributed by atoms with van der Waals surface area (Å²) < 4.78 is 12.8. The van der Waals surface area contributed by atoms with Gasteiger partial charge >= 0.3 is 0 Å². The fraction of sp³-hybridized carbons (Fsp3) is 0.600. The molecule has 0 saturated heterocycles. The summed E-state index contributed by atoms with van der Waals surface area (Å²) in [6.45, 7) is 8.41. The van der Waals surface area contributed by atoms with Gasteiger partial charge in [0.05, 0.1) is 12.2 Å². The molecule has 4 rings (SSSR count). The van der Waals surface area contributed by atoms with Gasteiger partial charge in [0.15, 0.2) is 0 Å². The molecule has 186 valence electrons. The van der Waals surface area contributed by atoms with Crippen LogP contribution in [-0.2, 0) is 0 Å². The number of para-hydroxylation sites is 1. The van der Waals surface area contributed by atoms with Crippen molar-refractivity contribution in [3.05, 3.63) is 41.4 Å². The van der Waals surface area contributed by atoms with Gasteiger partial charge in [-0.15, -0.1) is 0 Å². The van der Waals surface area contributed by atoms with Crippen molar-refractivity contribution >= 4 is 24.8 Å². The van der Waals surface area contributed by atoms with E-state index in [2.05, 4.69) is 64.1 Å². The maximum Gasteiger partial charge on any atom is 0.128 e. The van der Waals surface area contributed by atoms with Gasteiger partial charge in [0.2, 0.25) is 0 Å². The molecule has 0 spiro atoms. The molecule has 2 aliphatic rings. The summed E-state index contributed by atoms with van der Waals surface area (Å²) in [6.07, 6.45) is 13.8. The molecular formula is C30H42ClO2P. The van der Waals surface area contributed by atoms with E-state index in [0.717, 1.165) is 33.4 Å². The topological polar surface area (TPSA) is 18.5 Å². The molecule has 0 amide bonds. The summed E-state index contributed by atoms with van der Waals surface area (Å²) in [5.74, 6) is 1.88. The molecule has 2 fully saturated rings. The van der Waals surface area contributed by atoms with Gasteiger partial charge in [0, 0.05) is 21.5 Å². The largest absolute Gasteiger partial charge is 0.490 e. The lowest BCUT2D eigenvalue weighted by atomic mass is 9.99. The second-order valence-corrected chi connectivity index (χ2v) is 13.7. The van der Waals surface area contributed by atoms with Crippen LogP contribution in [0.15, 0.2) is 36.4 Å². The van der Waals surface area contributed by atoms with Crippen LogP contribution in [0.2, 0.25) is 5.02 Å². The highest BCUT2D eigenvalue weighted by Gasteiger charge is 2.36. The first-order valence-corrected chi connectivity index (χ1v) is 15.3. The molecule has 2 aliphatic carbocycles. The molecule has 4 heteroatoms. The van der Waals surface area contributed by atoms with Gasteiger partial charge in [-0.25, -0.2) is 0 Å². The van der Waals surface area contributed by atoms with Crippen molar-refractivity contribution < 1.29 is 9.47 Å². The zero-order chi connectivity index (χ0) is 24.1. The van der Waals surface area contributed by atoms with Crippen LogP contribution in [0.4, 0.5) is 0 Å². The van der Waals surface area contributed by atoms with Gasteiger partial charge < -0.3 is 9.47 Å². The van der Waals surface area contributed by atoms with E-state index < -0.39 is 7.92 Å². The summed E-state index contributed by atoms with van der Waals surface area (Å²) >= 11 is 7.20. The zero-order valence-corrected chi connectivity index (χ0v) is 23.1. The standard InChI is InChI=1S/C30H42ClO2P/c1-21(2)32-27-18-12-11-17-25(27)29-28(33-22(3)4)20-19-26(31)30(29)34(23-13-7-5-8-14-23)24-15-9-6-10-16-24/h11-12,17-24H,5-10,13-16H2,1-4H3. The Kier molecular flexibility index (Phi) is 9.22. The Morgan fingerprint density at radius 2 is 1.24 bits per heavy atom. The van der Waals surface area contributed by atoms with E-state index in [0.29, 0.717) is 0 Å². The van der Waals surface area contributed by atoms with E-state index in [1.807, 2.05) is 0 Å². The molecule has 2 saturated carbocycles. The molecule has 0 aliphatic heterocycles. The molecule has 34 heavy (non-hydrogen) atoms. The second-order valence-electron chi connectivity index (χ2n) is 10.6. The van der Waals surface area contributed by atoms with Crippen LogP contribution in [0.3, 0.4) is 0 Å². The predicted molar refractivity (Wildman–Crippen MR) is 149 cm³/mol. The van der Waals surface area contributed by atoms with Gasteiger partial charge in [-0.3, -0.25) is 0 Å². The van der Waals surface area contributed by atoms with E-state index in [-0.39, 0.29) is 12.2 Å². The van der Waals surface area contributed by atoms with Crippen LogP contribution in [-0.4, -0.2) is 23.5 Å². The molecule has 0 aromatic heterocycles. The van der Waals surface area contributed by atoms with E-state index in [4.69, 9.17) is 21.1 Å². The molecule has 2 nitrogen and oxygen atoms in total. The van der Waals surface area contributed by atoms with Crippen molar-refractivity contribution in [1.82, 2.24) is 0 Å². The lowest BCUT2D eigenvalue weighted by Crippen LogP contribution is -2.28. The van der Waals surface area contributed by atoms with E-state index in [9.17, 15) is 0 Å². The molecule has 0 radical (unpaired) electrons. The average molecular weight is 501 g/mol. The third-order valence-electron chi connectivity index (χ3n) is 7.17. The molecule has 0 atom stereocenters. The minimum Gasteiger partial charge on any atom is -0.490 e. The van der Waals surface area contributed by atoms with Crippen LogP contribution < -0.4 is 14.8 Å². The Balaban J connectivity index is 1.93. The molecule has 0 unspecified atom stereocenters. The predicted octanol–water partition coefficient (Wildman–Crippen LogP) is 9.35. The van der Waals surface area contributed by atoms with Gasteiger partial charge in [0.25, 0.3) is 0 Å². The fourth-order valence-corrected chi connectivity index (χ4v) is 10.3. The minimum absolute atomic E-state index is 0.0987. The SMILES string of the molecule is CC(C)Oc1ccccc1-c1c(OC(C)C)ccc(Cl)c1P(C1CCCCC1)C1CCCCC1. The summed E-state index contributed by atoms with van der Waals surface area (Å²) in [5.41, 5.74) is 3.84. The van der Waals surface area contributed by atoms with Crippen molar-refractivity contribution in [3.63, 3.8) is 0 Å². The second kappa shape index (κ2) is 12.1. The highest BCUT2D eigenvalue weighted by atomic mass is 35.5. The number of benzene rings is 2. The van der Waals surface area contributed by atoms with Crippen LogP contribution in [0, 0.1) is 0 Å². The Hall–Kier alpha value is -1.24. The lowest BCUT2D eigenvalue weighted by molar-refractivity contribution is 0.239. The number of halogens is 1. The Labute approximate surface area is 213 Å². The first kappa shape index (κ1) is 25.8. The summed E-state index contributed by atoms with van der Waals surface area (Å²) in [4.78, 5) is 0. The first-order chi connectivity index (χ1) is 16.5. The van der Waals surface area contributed by atoms with Crippen molar-refractivity contribution in [2.45, 2.75) is 115 Å². The molecular weight excluding hydrogens is 459 g/mol. The van der Waals surface area contributed by atoms with Crippen molar-refractivity contribution in [2.75, 3.05) is 0 Å². The highest BCUT2D eigenvalue weighted by Crippen LogP contribution is 2.58. The molecule has 0 N–H and O–H groups in total. The van der Waals surface area contributed by atoms with Crippen LogP contribution in [0.1, 0.15) is 91.9 Å².